The van der Waals surface area contributed by atoms with Gasteiger partial charge in [0.05, 0.1) is 11.8 Å². The number of anilines is 1. The number of carbonyl (C=O) groups is 3. The van der Waals surface area contributed by atoms with Gasteiger partial charge >= 0.3 is 11.9 Å². The Balaban J connectivity index is 2.18. The normalized spacial score (nSPS) is 12.0. The third-order valence-electron chi connectivity index (χ3n) is 5.40. The van der Waals surface area contributed by atoms with Gasteiger partial charge in [-0.1, -0.05) is 56.9 Å². The fraction of sp³-hybridized carbons (Fsp3) is 0.469. The molecular formula is C32H43NO6. The Morgan fingerprint density at radius 3 is 2.03 bits per heavy atom. The molecule has 0 saturated carbocycles. The van der Waals surface area contributed by atoms with E-state index < -0.39 is 23.1 Å². The highest BCUT2D eigenvalue weighted by atomic mass is 16.6. The minimum absolute atomic E-state index is 0.176. The van der Waals surface area contributed by atoms with Crippen LogP contribution in [0.1, 0.15) is 96.5 Å². The number of hydrogen-bond acceptors (Lipinski definition) is 6. The predicted octanol–water partition coefficient (Wildman–Crippen LogP) is 7.40. The summed E-state index contributed by atoms with van der Waals surface area (Å²) in [6.07, 6.45) is 8.02. The van der Waals surface area contributed by atoms with Crippen molar-refractivity contribution in [3.05, 3.63) is 71.5 Å². The second kappa shape index (κ2) is 14.5. The zero-order chi connectivity index (χ0) is 29.1. The van der Waals surface area contributed by atoms with Crippen LogP contribution < -0.4 is 10.1 Å². The van der Waals surface area contributed by atoms with Crippen molar-refractivity contribution in [2.24, 2.45) is 0 Å². The van der Waals surface area contributed by atoms with Gasteiger partial charge in [-0.25, -0.2) is 9.59 Å². The zero-order valence-corrected chi connectivity index (χ0v) is 24.4. The van der Waals surface area contributed by atoms with Crippen molar-refractivity contribution in [3.63, 3.8) is 0 Å². The summed E-state index contributed by atoms with van der Waals surface area (Å²) in [5, 5.41) is 2.84. The van der Waals surface area contributed by atoms with E-state index in [1.165, 1.54) is 31.2 Å². The predicted molar refractivity (Wildman–Crippen MR) is 154 cm³/mol. The molecule has 0 aliphatic rings. The van der Waals surface area contributed by atoms with E-state index in [1.807, 2.05) is 12.1 Å². The molecule has 0 atom stereocenters. The second-order valence-electron chi connectivity index (χ2n) is 11.5. The lowest BCUT2D eigenvalue weighted by Crippen LogP contribution is -2.28. The maximum Gasteiger partial charge on any atom is 0.375 e. The molecule has 7 nitrogen and oxygen atoms in total. The van der Waals surface area contributed by atoms with Crippen molar-refractivity contribution >= 4 is 23.5 Å². The smallest absolute Gasteiger partial charge is 0.375 e. The largest absolute Gasteiger partial charge is 0.457 e. The van der Waals surface area contributed by atoms with E-state index in [4.69, 9.17) is 14.2 Å². The number of nitrogens with one attached hydrogen (secondary N) is 1. The van der Waals surface area contributed by atoms with Gasteiger partial charge in [-0.3, -0.25) is 4.79 Å². The molecule has 0 aliphatic carbocycles. The van der Waals surface area contributed by atoms with Gasteiger partial charge in [-0.15, -0.1) is 0 Å². The highest BCUT2D eigenvalue weighted by Crippen LogP contribution is 2.27. The van der Waals surface area contributed by atoms with Crippen LogP contribution in [0.4, 0.5) is 5.69 Å². The summed E-state index contributed by atoms with van der Waals surface area (Å²) < 4.78 is 16.6. The third-order valence-corrected chi connectivity index (χ3v) is 5.40. The lowest BCUT2D eigenvalue weighted by atomic mass is 10.0. The molecule has 39 heavy (non-hydrogen) atoms. The van der Waals surface area contributed by atoms with Crippen molar-refractivity contribution in [3.8, 4) is 5.75 Å². The minimum atomic E-state index is -0.834. The van der Waals surface area contributed by atoms with E-state index in [2.05, 4.69) is 12.2 Å². The summed E-state index contributed by atoms with van der Waals surface area (Å²) in [5.41, 5.74) is 0.449. The number of ether oxygens (including phenoxy) is 3. The van der Waals surface area contributed by atoms with Gasteiger partial charge in [-0.2, -0.15) is 0 Å². The molecule has 0 radical (unpaired) electrons. The summed E-state index contributed by atoms with van der Waals surface area (Å²) in [5.74, 6) is -2.09. The lowest BCUT2D eigenvalue weighted by molar-refractivity contribution is -0.154. The first kappa shape index (κ1) is 31.6. The molecule has 0 heterocycles. The highest BCUT2D eigenvalue weighted by molar-refractivity contribution is 6.05. The van der Waals surface area contributed by atoms with Crippen LogP contribution in [0.15, 0.2) is 60.4 Å². The van der Waals surface area contributed by atoms with Gasteiger partial charge in [0.25, 0.3) is 5.91 Å². The molecule has 0 bridgehead atoms. The third kappa shape index (κ3) is 12.2. The number of amides is 1. The summed E-state index contributed by atoms with van der Waals surface area (Å²) in [6.45, 7) is 12.5. The molecule has 7 heteroatoms. The summed E-state index contributed by atoms with van der Waals surface area (Å²) in [4.78, 5) is 38.3. The van der Waals surface area contributed by atoms with E-state index in [9.17, 15) is 14.4 Å². The Morgan fingerprint density at radius 2 is 1.41 bits per heavy atom. The van der Waals surface area contributed by atoms with E-state index in [0.29, 0.717) is 11.3 Å². The van der Waals surface area contributed by atoms with Gasteiger partial charge in [-0.05, 0) is 84.2 Å². The Kier molecular flexibility index (Phi) is 11.8. The van der Waals surface area contributed by atoms with Crippen molar-refractivity contribution in [2.75, 3.05) is 5.32 Å². The maximum absolute atomic E-state index is 13.0. The Labute approximate surface area is 232 Å². The summed E-state index contributed by atoms with van der Waals surface area (Å²) >= 11 is 0. The minimum Gasteiger partial charge on any atom is -0.457 e. The number of aryl methyl sites for hydroxylation is 1. The molecular weight excluding hydrogens is 494 g/mol. The number of esters is 2. The molecule has 0 spiro atoms. The highest BCUT2D eigenvalue weighted by Gasteiger charge is 2.25. The number of rotatable bonds is 12. The zero-order valence-electron chi connectivity index (χ0n) is 24.4. The van der Waals surface area contributed by atoms with E-state index in [1.54, 1.807) is 77.9 Å². The molecule has 2 rings (SSSR count). The van der Waals surface area contributed by atoms with Gasteiger partial charge in [0.1, 0.15) is 11.2 Å². The van der Waals surface area contributed by atoms with Gasteiger partial charge in [0.2, 0.25) is 5.76 Å². The van der Waals surface area contributed by atoms with Crippen LogP contribution in [0.25, 0.3) is 0 Å². The average Bonchev–Trinajstić information content (AvgIpc) is 2.82. The van der Waals surface area contributed by atoms with Crippen LogP contribution in [0.2, 0.25) is 0 Å². The molecule has 1 amide bonds. The van der Waals surface area contributed by atoms with E-state index >= 15 is 0 Å². The molecule has 1 N–H and O–H groups in total. The van der Waals surface area contributed by atoms with Gasteiger partial charge in [0.15, 0.2) is 5.75 Å². The SMILES string of the molecule is CCCCCCCc1ccc(C(=O)Nc2ccccc2O/C(=C\C(=O)OC(C)(C)C)C(=O)OC(C)(C)C)cc1. The molecule has 0 saturated heterocycles. The quantitative estimate of drug-likeness (QED) is 0.131. The monoisotopic (exact) mass is 537 g/mol. The average molecular weight is 538 g/mol. The van der Waals surface area contributed by atoms with Crippen molar-refractivity contribution in [1.29, 1.82) is 0 Å². The topological polar surface area (TPSA) is 90.9 Å². The van der Waals surface area contributed by atoms with Crippen LogP contribution in [0.5, 0.6) is 5.75 Å². The fourth-order valence-corrected chi connectivity index (χ4v) is 3.62. The number of benzene rings is 2. The summed E-state index contributed by atoms with van der Waals surface area (Å²) in [7, 11) is 0. The maximum atomic E-state index is 13.0. The van der Waals surface area contributed by atoms with Gasteiger partial charge in [0, 0.05) is 5.56 Å². The molecule has 212 valence electrons. The Morgan fingerprint density at radius 1 is 0.795 bits per heavy atom. The molecule has 0 aliphatic heterocycles. The first-order chi connectivity index (χ1) is 18.3. The first-order valence-electron chi connectivity index (χ1n) is 13.6. The van der Waals surface area contributed by atoms with Crippen LogP contribution in [-0.2, 0) is 25.5 Å². The van der Waals surface area contributed by atoms with E-state index in [0.717, 1.165) is 18.9 Å². The van der Waals surface area contributed by atoms with Crippen LogP contribution in [-0.4, -0.2) is 29.0 Å². The molecule has 0 aromatic heterocycles. The Bertz CT molecular complexity index is 1140. The van der Waals surface area contributed by atoms with E-state index in [-0.39, 0.29) is 17.4 Å². The van der Waals surface area contributed by atoms with Crippen molar-refractivity contribution < 1.29 is 28.6 Å². The van der Waals surface area contributed by atoms with Crippen LogP contribution >= 0.6 is 0 Å². The molecule has 2 aromatic carbocycles. The van der Waals surface area contributed by atoms with Crippen molar-refractivity contribution in [1.82, 2.24) is 0 Å². The van der Waals surface area contributed by atoms with Gasteiger partial charge < -0.3 is 19.5 Å². The summed E-state index contributed by atoms with van der Waals surface area (Å²) in [6, 6.07) is 14.2. The fourth-order valence-electron chi connectivity index (χ4n) is 3.62. The number of hydrogen-bond donors (Lipinski definition) is 1. The van der Waals surface area contributed by atoms with Crippen LogP contribution in [0.3, 0.4) is 0 Å². The van der Waals surface area contributed by atoms with Crippen molar-refractivity contribution in [2.45, 2.75) is 98.2 Å². The number of carbonyl (C=O) groups excluding carboxylic acids is 3. The lowest BCUT2D eigenvalue weighted by Gasteiger charge is -2.22. The molecule has 0 unspecified atom stereocenters. The number of unbranched alkanes of at least 4 members (excludes halogenated alkanes) is 4. The Hall–Kier alpha value is -3.61. The van der Waals surface area contributed by atoms with Crippen LogP contribution in [0, 0.1) is 0 Å². The number of para-hydroxylation sites is 2. The molecule has 2 aromatic rings. The first-order valence-corrected chi connectivity index (χ1v) is 13.6. The standard InChI is InChI=1S/C32H43NO6/c1-8-9-10-11-12-15-23-18-20-24(21-19-23)29(35)33-25-16-13-14-17-26(25)37-27(30(36)39-32(5,6)7)22-28(34)38-31(2,3)4/h13-14,16-22H,8-12,15H2,1-7H3,(H,33,35)/b27-22-. The molecule has 0 fully saturated rings. The second-order valence-corrected chi connectivity index (χ2v) is 11.5.